The minimum atomic E-state index is 0.130. The molecular weight excluding hydrogens is 192 g/mol. The molecule has 1 aliphatic heterocycles. The number of para-hydroxylation sites is 1. The van der Waals surface area contributed by atoms with E-state index in [2.05, 4.69) is 5.43 Å². The van der Waals surface area contributed by atoms with Crippen LogP contribution in [-0.4, -0.2) is 29.1 Å². The fraction of sp³-hybridized carbons (Fsp3) is 0.364. The van der Waals surface area contributed by atoms with Crippen molar-refractivity contribution >= 4 is 5.91 Å². The zero-order valence-corrected chi connectivity index (χ0v) is 8.44. The van der Waals surface area contributed by atoms with E-state index >= 15 is 0 Å². The number of phenols is 1. The molecule has 0 bridgehead atoms. The third kappa shape index (κ3) is 2.27. The molecule has 2 rings (SSSR count). The van der Waals surface area contributed by atoms with Gasteiger partial charge in [-0.25, -0.2) is 5.43 Å². The van der Waals surface area contributed by atoms with E-state index in [9.17, 15) is 9.90 Å². The van der Waals surface area contributed by atoms with E-state index in [1.54, 1.807) is 17.1 Å². The molecule has 0 radical (unpaired) electrons. The average Bonchev–Trinajstić information content (AvgIpc) is 2.63. The fourth-order valence-electron chi connectivity index (χ4n) is 1.68. The topological polar surface area (TPSA) is 52.6 Å². The summed E-state index contributed by atoms with van der Waals surface area (Å²) in [6.45, 7) is 1.33. The van der Waals surface area contributed by atoms with Crippen molar-refractivity contribution in [2.24, 2.45) is 0 Å². The summed E-state index contributed by atoms with van der Waals surface area (Å²) < 4.78 is 0. The third-order valence-corrected chi connectivity index (χ3v) is 2.54. The van der Waals surface area contributed by atoms with E-state index in [0.29, 0.717) is 25.1 Å². The second-order valence-corrected chi connectivity index (χ2v) is 3.58. The minimum absolute atomic E-state index is 0.130. The summed E-state index contributed by atoms with van der Waals surface area (Å²) in [6, 6.07) is 7.21. The molecule has 15 heavy (non-hydrogen) atoms. The highest BCUT2D eigenvalue weighted by Crippen LogP contribution is 2.16. The molecule has 1 amide bonds. The molecule has 1 aromatic rings. The lowest BCUT2D eigenvalue weighted by Gasteiger charge is -2.15. The predicted molar refractivity (Wildman–Crippen MR) is 56.1 cm³/mol. The second-order valence-electron chi connectivity index (χ2n) is 3.58. The maximum atomic E-state index is 11.3. The lowest BCUT2D eigenvalue weighted by molar-refractivity contribution is -0.129. The van der Waals surface area contributed by atoms with E-state index < -0.39 is 0 Å². The summed E-state index contributed by atoms with van der Waals surface area (Å²) in [5, 5.41) is 11.1. The van der Waals surface area contributed by atoms with Crippen molar-refractivity contribution in [3.8, 4) is 5.75 Å². The van der Waals surface area contributed by atoms with E-state index in [4.69, 9.17) is 0 Å². The first kappa shape index (κ1) is 9.98. The number of hydrazine groups is 1. The molecule has 2 N–H and O–H groups in total. The molecule has 1 aliphatic rings. The van der Waals surface area contributed by atoms with Gasteiger partial charge < -0.3 is 5.11 Å². The first-order valence-corrected chi connectivity index (χ1v) is 5.08. The fourth-order valence-corrected chi connectivity index (χ4v) is 1.68. The van der Waals surface area contributed by atoms with Gasteiger partial charge in [0.25, 0.3) is 0 Å². The second kappa shape index (κ2) is 4.31. The number of benzene rings is 1. The molecule has 1 aromatic carbocycles. The molecule has 0 saturated carbocycles. The number of amides is 1. The molecular formula is C11H14N2O2. The van der Waals surface area contributed by atoms with Crippen molar-refractivity contribution in [2.75, 3.05) is 13.1 Å². The normalized spacial score (nSPS) is 16.0. The molecule has 0 aliphatic carbocycles. The highest BCUT2D eigenvalue weighted by atomic mass is 16.3. The lowest BCUT2D eigenvalue weighted by Crippen LogP contribution is -2.35. The molecule has 1 heterocycles. The number of carbonyl (C=O) groups excluding carboxylic acids is 1. The van der Waals surface area contributed by atoms with Crippen molar-refractivity contribution in [1.82, 2.24) is 10.4 Å². The number of carbonyl (C=O) groups is 1. The molecule has 1 fully saturated rings. The van der Waals surface area contributed by atoms with E-state index in [1.165, 1.54) is 0 Å². The van der Waals surface area contributed by atoms with Crippen molar-refractivity contribution in [1.29, 1.82) is 0 Å². The summed E-state index contributed by atoms with van der Waals surface area (Å²) in [5.74, 6) is 0.426. The molecule has 0 spiro atoms. The Balaban J connectivity index is 1.93. The zero-order chi connectivity index (χ0) is 10.7. The number of phenolic OH excluding ortho intramolecular Hbond substituents is 1. The largest absolute Gasteiger partial charge is 0.508 e. The minimum Gasteiger partial charge on any atom is -0.508 e. The van der Waals surface area contributed by atoms with Crippen molar-refractivity contribution < 1.29 is 9.90 Å². The van der Waals surface area contributed by atoms with Gasteiger partial charge in [0.15, 0.2) is 0 Å². The molecule has 0 unspecified atom stereocenters. The summed E-state index contributed by atoms with van der Waals surface area (Å²) >= 11 is 0. The third-order valence-electron chi connectivity index (χ3n) is 2.54. The van der Waals surface area contributed by atoms with Gasteiger partial charge in [-0.1, -0.05) is 18.2 Å². The van der Waals surface area contributed by atoms with Gasteiger partial charge in [-0.3, -0.25) is 9.80 Å². The van der Waals surface area contributed by atoms with Crippen LogP contribution in [0.5, 0.6) is 5.75 Å². The predicted octanol–water partition coefficient (Wildman–Crippen LogP) is 0.672. The van der Waals surface area contributed by atoms with Gasteiger partial charge in [0.2, 0.25) is 5.91 Å². The quantitative estimate of drug-likeness (QED) is 0.764. The first-order chi connectivity index (χ1) is 7.27. The van der Waals surface area contributed by atoms with Gasteiger partial charge >= 0.3 is 0 Å². The van der Waals surface area contributed by atoms with Crippen LogP contribution in [0.3, 0.4) is 0 Å². The lowest BCUT2D eigenvalue weighted by atomic mass is 10.1. The van der Waals surface area contributed by atoms with Crippen LogP contribution in [0.25, 0.3) is 0 Å². The van der Waals surface area contributed by atoms with Crippen LogP contribution in [0.15, 0.2) is 24.3 Å². The highest BCUT2D eigenvalue weighted by Gasteiger charge is 2.19. The Kier molecular flexibility index (Phi) is 2.87. The van der Waals surface area contributed by atoms with E-state index in [0.717, 1.165) is 12.1 Å². The Morgan fingerprint density at radius 3 is 2.87 bits per heavy atom. The maximum absolute atomic E-state index is 11.3. The van der Waals surface area contributed by atoms with Crippen LogP contribution < -0.4 is 5.43 Å². The van der Waals surface area contributed by atoms with Crippen LogP contribution in [-0.2, 0) is 11.2 Å². The summed E-state index contributed by atoms with van der Waals surface area (Å²) in [4.78, 5) is 11.3. The van der Waals surface area contributed by atoms with Gasteiger partial charge in [0.1, 0.15) is 5.75 Å². The number of nitrogens with one attached hydrogen (secondary N) is 1. The van der Waals surface area contributed by atoms with Gasteiger partial charge in [-0.2, -0.15) is 0 Å². The van der Waals surface area contributed by atoms with E-state index in [-0.39, 0.29) is 5.91 Å². The standard InChI is InChI=1S/C11H14N2O2/c14-10-4-2-1-3-9(10)6-8-13-11(15)5-7-12-13/h1-4,12,14H,5-8H2. The van der Waals surface area contributed by atoms with Crippen molar-refractivity contribution in [2.45, 2.75) is 12.8 Å². The average molecular weight is 206 g/mol. The Morgan fingerprint density at radius 2 is 2.20 bits per heavy atom. The van der Waals surface area contributed by atoms with Crippen LogP contribution in [0, 0.1) is 0 Å². The Labute approximate surface area is 88.5 Å². The molecule has 0 atom stereocenters. The number of hydrogen-bond acceptors (Lipinski definition) is 3. The SMILES string of the molecule is O=C1CCNN1CCc1ccccc1O. The van der Waals surface area contributed by atoms with Gasteiger partial charge in [-0.15, -0.1) is 0 Å². The Bertz CT molecular complexity index is 365. The van der Waals surface area contributed by atoms with Crippen LogP contribution in [0.4, 0.5) is 0 Å². The van der Waals surface area contributed by atoms with Crippen molar-refractivity contribution in [3.05, 3.63) is 29.8 Å². The smallest absolute Gasteiger partial charge is 0.238 e. The molecule has 4 nitrogen and oxygen atoms in total. The molecule has 4 heteroatoms. The first-order valence-electron chi connectivity index (χ1n) is 5.08. The summed E-state index contributed by atoms with van der Waals surface area (Å²) in [6.07, 6.45) is 1.24. The van der Waals surface area contributed by atoms with Gasteiger partial charge in [-0.05, 0) is 18.1 Å². The number of rotatable bonds is 3. The maximum Gasteiger partial charge on any atom is 0.238 e. The van der Waals surface area contributed by atoms with Gasteiger partial charge in [0.05, 0.1) is 0 Å². The Morgan fingerprint density at radius 1 is 1.40 bits per heavy atom. The van der Waals surface area contributed by atoms with Crippen molar-refractivity contribution in [3.63, 3.8) is 0 Å². The molecule has 0 aromatic heterocycles. The van der Waals surface area contributed by atoms with E-state index in [1.807, 2.05) is 12.1 Å². The monoisotopic (exact) mass is 206 g/mol. The number of hydrogen-bond donors (Lipinski definition) is 2. The Hall–Kier alpha value is -1.55. The van der Waals surface area contributed by atoms with Crippen LogP contribution >= 0.6 is 0 Å². The summed E-state index contributed by atoms with van der Waals surface area (Å²) in [7, 11) is 0. The highest BCUT2D eigenvalue weighted by molar-refractivity contribution is 5.77. The molecule has 80 valence electrons. The summed E-state index contributed by atoms with van der Waals surface area (Å²) in [5.41, 5.74) is 3.87. The number of aromatic hydroxyl groups is 1. The molecule has 1 saturated heterocycles. The van der Waals surface area contributed by atoms with Crippen LogP contribution in [0.1, 0.15) is 12.0 Å². The zero-order valence-electron chi connectivity index (χ0n) is 8.44. The van der Waals surface area contributed by atoms with Crippen LogP contribution in [0.2, 0.25) is 0 Å². The van der Waals surface area contributed by atoms with Gasteiger partial charge in [0, 0.05) is 19.5 Å². The number of nitrogens with zero attached hydrogens (tertiary/aromatic N) is 1.